The van der Waals surface area contributed by atoms with E-state index in [2.05, 4.69) is 22.0 Å². The van der Waals surface area contributed by atoms with E-state index in [4.69, 9.17) is 0 Å². The first-order valence-corrected chi connectivity index (χ1v) is 7.68. The van der Waals surface area contributed by atoms with E-state index in [1.165, 1.54) is 5.56 Å². The Bertz CT molecular complexity index is 441. The molecule has 4 heteroatoms. The van der Waals surface area contributed by atoms with E-state index < -0.39 is 0 Å². The van der Waals surface area contributed by atoms with Crippen LogP contribution in [-0.4, -0.2) is 35.4 Å². The molecule has 0 spiro atoms. The summed E-state index contributed by atoms with van der Waals surface area (Å²) < 4.78 is 1.01. The maximum absolute atomic E-state index is 12.4. The minimum atomic E-state index is 0.170. The zero-order valence-electron chi connectivity index (χ0n) is 10.1. The van der Waals surface area contributed by atoms with Crippen molar-refractivity contribution in [1.29, 1.82) is 0 Å². The van der Waals surface area contributed by atoms with Gasteiger partial charge in [0, 0.05) is 34.6 Å². The Morgan fingerprint density at radius 3 is 2.53 bits per heavy atom. The molecule has 0 bridgehead atoms. The lowest BCUT2D eigenvalue weighted by Gasteiger charge is -2.27. The summed E-state index contributed by atoms with van der Waals surface area (Å²) in [5.74, 6) is 2.28. The molecule has 0 aliphatic carbocycles. The van der Waals surface area contributed by atoms with Crippen LogP contribution in [-0.2, 0) is 0 Å². The van der Waals surface area contributed by atoms with Crippen molar-refractivity contribution in [3.05, 3.63) is 33.3 Å². The predicted molar refractivity (Wildman–Crippen MR) is 76.8 cm³/mol. The Hall–Kier alpha value is -0.480. The summed E-state index contributed by atoms with van der Waals surface area (Å²) in [6.45, 7) is 5.79. The minimum absolute atomic E-state index is 0.170. The Kier molecular flexibility index (Phi) is 4.15. The highest BCUT2D eigenvalue weighted by molar-refractivity contribution is 9.10. The molecule has 92 valence electrons. The van der Waals surface area contributed by atoms with Crippen molar-refractivity contribution in [2.75, 3.05) is 24.6 Å². The number of hydrogen-bond donors (Lipinski definition) is 0. The van der Waals surface area contributed by atoms with Gasteiger partial charge in [0.15, 0.2) is 0 Å². The van der Waals surface area contributed by atoms with Crippen LogP contribution in [0.15, 0.2) is 16.6 Å². The lowest BCUT2D eigenvalue weighted by molar-refractivity contribution is 0.0771. The van der Waals surface area contributed by atoms with Crippen molar-refractivity contribution >= 4 is 33.6 Å². The van der Waals surface area contributed by atoms with Gasteiger partial charge in [-0.05, 0) is 31.0 Å². The van der Waals surface area contributed by atoms with E-state index in [-0.39, 0.29) is 5.91 Å². The van der Waals surface area contributed by atoms with E-state index in [0.717, 1.165) is 40.2 Å². The van der Waals surface area contributed by atoms with Crippen molar-refractivity contribution in [2.24, 2.45) is 0 Å². The van der Waals surface area contributed by atoms with Gasteiger partial charge in [-0.1, -0.05) is 22.0 Å². The van der Waals surface area contributed by atoms with Gasteiger partial charge in [-0.2, -0.15) is 11.8 Å². The summed E-state index contributed by atoms with van der Waals surface area (Å²) >= 11 is 5.42. The molecule has 1 aliphatic heterocycles. The average Bonchev–Trinajstić information content (AvgIpc) is 2.34. The second-order valence-corrected chi connectivity index (χ2v) is 6.40. The molecule has 0 radical (unpaired) electrons. The van der Waals surface area contributed by atoms with Crippen molar-refractivity contribution < 1.29 is 4.79 Å². The molecule has 0 N–H and O–H groups in total. The second kappa shape index (κ2) is 5.44. The van der Waals surface area contributed by atoms with Gasteiger partial charge in [0.2, 0.25) is 0 Å². The summed E-state index contributed by atoms with van der Waals surface area (Å²) in [7, 11) is 0. The Balaban J connectivity index is 2.26. The lowest BCUT2D eigenvalue weighted by Crippen LogP contribution is -2.38. The molecular weight excluding hydrogens is 298 g/mol. The normalized spacial score (nSPS) is 16.1. The molecule has 0 saturated carbocycles. The van der Waals surface area contributed by atoms with Crippen LogP contribution in [0.4, 0.5) is 0 Å². The van der Waals surface area contributed by atoms with Gasteiger partial charge >= 0.3 is 0 Å². The van der Waals surface area contributed by atoms with E-state index in [1.807, 2.05) is 36.6 Å². The first kappa shape index (κ1) is 13.0. The zero-order valence-corrected chi connectivity index (χ0v) is 12.5. The monoisotopic (exact) mass is 313 g/mol. The van der Waals surface area contributed by atoms with Crippen molar-refractivity contribution in [3.8, 4) is 0 Å². The largest absolute Gasteiger partial charge is 0.337 e. The molecule has 1 fully saturated rings. The third kappa shape index (κ3) is 2.86. The van der Waals surface area contributed by atoms with E-state index in [1.54, 1.807) is 0 Å². The highest BCUT2D eigenvalue weighted by atomic mass is 79.9. The van der Waals surface area contributed by atoms with E-state index in [9.17, 15) is 4.79 Å². The number of amides is 1. The third-order valence-electron chi connectivity index (χ3n) is 3.03. The van der Waals surface area contributed by atoms with Crippen LogP contribution < -0.4 is 0 Å². The maximum Gasteiger partial charge on any atom is 0.254 e. The van der Waals surface area contributed by atoms with Crippen LogP contribution in [0.1, 0.15) is 21.5 Å². The smallest absolute Gasteiger partial charge is 0.254 e. The van der Waals surface area contributed by atoms with E-state index in [0.29, 0.717) is 0 Å². The van der Waals surface area contributed by atoms with Crippen LogP contribution in [0.25, 0.3) is 0 Å². The van der Waals surface area contributed by atoms with Gasteiger partial charge in [-0.25, -0.2) is 0 Å². The molecule has 1 aromatic carbocycles. The second-order valence-electron chi connectivity index (χ2n) is 4.32. The first-order chi connectivity index (χ1) is 8.09. The number of carbonyl (C=O) groups is 1. The molecule has 1 aliphatic rings. The molecule has 17 heavy (non-hydrogen) atoms. The maximum atomic E-state index is 12.4. The highest BCUT2D eigenvalue weighted by Gasteiger charge is 2.20. The van der Waals surface area contributed by atoms with Gasteiger partial charge in [-0.15, -0.1) is 0 Å². The van der Waals surface area contributed by atoms with Gasteiger partial charge in [0.05, 0.1) is 0 Å². The molecule has 1 heterocycles. The van der Waals surface area contributed by atoms with Gasteiger partial charge < -0.3 is 4.90 Å². The number of aryl methyl sites for hydroxylation is 2. The zero-order chi connectivity index (χ0) is 12.4. The predicted octanol–water partition coefficient (Wildman–Crippen LogP) is 3.25. The molecule has 0 aromatic heterocycles. The third-order valence-corrected chi connectivity index (χ3v) is 4.83. The van der Waals surface area contributed by atoms with Crippen molar-refractivity contribution in [1.82, 2.24) is 4.90 Å². The molecule has 2 rings (SSSR count). The molecule has 0 unspecified atom stereocenters. The van der Waals surface area contributed by atoms with Gasteiger partial charge in [0.25, 0.3) is 5.91 Å². The topological polar surface area (TPSA) is 20.3 Å². The quantitative estimate of drug-likeness (QED) is 0.793. The van der Waals surface area contributed by atoms with Crippen LogP contribution in [0.5, 0.6) is 0 Å². The van der Waals surface area contributed by atoms with Gasteiger partial charge in [0.1, 0.15) is 0 Å². The molecule has 2 nitrogen and oxygen atoms in total. The average molecular weight is 314 g/mol. The Morgan fingerprint density at radius 1 is 1.24 bits per heavy atom. The number of benzene rings is 1. The lowest BCUT2D eigenvalue weighted by atomic mass is 10.0. The fourth-order valence-electron chi connectivity index (χ4n) is 1.99. The fraction of sp³-hybridized carbons (Fsp3) is 0.462. The Morgan fingerprint density at radius 2 is 1.88 bits per heavy atom. The summed E-state index contributed by atoms with van der Waals surface area (Å²) in [5, 5.41) is 0. The Labute approximate surface area is 115 Å². The van der Waals surface area contributed by atoms with Crippen LogP contribution in [0.3, 0.4) is 0 Å². The number of halogens is 1. The van der Waals surface area contributed by atoms with Crippen molar-refractivity contribution in [3.63, 3.8) is 0 Å². The molecule has 0 atom stereocenters. The minimum Gasteiger partial charge on any atom is -0.337 e. The number of hydrogen-bond acceptors (Lipinski definition) is 2. The van der Waals surface area contributed by atoms with E-state index >= 15 is 0 Å². The summed E-state index contributed by atoms with van der Waals surface area (Å²) in [6.07, 6.45) is 0. The number of carbonyl (C=O) groups excluding carboxylic acids is 1. The number of thioether (sulfide) groups is 1. The van der Waals surface area contributed by atoms with Crippen LogP contribution >= 0.6 is 27.7 Å². The van der Waals surface area contributed by atoms with Crippen LogP contribution in [0, 0.1) is 13.8 Å². The molecule has 1 aromatic rings. The highest BCUT2D eigenvalue weighted by Crippen LogP contribution is 2.23. The fourth-order valence-corrected chi connectivity index (χ4v) is 3.24. The summed E-state index contributed by atoms with van der Waals surface area (Å²) in [4.78, 5) is 14.3. The molecule has 1 amide bonds. The SMILES string of the molecule is Cc1cc(C)c(C(=O)N2CCSCC2)cc1Br. The van der Waals surface area contributed by atoms with Crippen molar-refractivity contribution in [2.45, 2.75) is 13.8 Å². The number of rotatable bonds is 1. The number of nitrogens with zero attached hydrogens (tertiary/aromatic N) is 1. The first-order valence-electron chi connectivity index (χ1n) is 5.73. The molecular formula is C13H16BrNOS. The summed E-state index contributed by atoms with van der Waals surface area (Å²) in [6, 6.07) is 4.02. The standard InChI is InChI=1S/C13H16BrNOS/c1-9-7-10(2)12(14)8-11(9)13(16)15-3-5-17-6-4-15/h7-8H,3-6H2,1-2H3. The summed E-state index contributed by atoms with van der Waals surface area (Å²) in [5.41, 5.74) is 3.07. The van der Waals surface area contributed by atoms with Crippen LogP contribution in [0.2, 0.25) is 0 Å². The molecule has 1 saturated heterocycles. The van der Waals surface area contributed by atoms with Gasteiger partial charge in [-0.3, -0.25) is 4.79 Å².